The number of nitrogens with zero attached hydrogens (tertiary/aromatic N) is 1. The van der Waals surface area contributed by atoms with Crippen molar-refractivity contribution >= 4 is 17.5 Å². The first-order valence-corrected chi connectivity index (χ1v) is 9.49. The SMILES string of the molecule is O=C(COc1ccc(Cl)cc1)N1CCC(CNCc2ccccc2)CC1. The molecule has 0 radical (unpaired) electrons. The van der Waals surface area contributed by atoms with E-state index in [1.54, 1.807) is 24.3 Å². The van der Waals surface area contributed by atoms with Crippen molar-refractivity contribution in [2.24, 2.45) is 5.92 Å². The summed E-state index contributed by atoms with van der Waals surface area (Å²) < 4.78 is 5.55. The third-order valence-electron chi connectivity index (χ3n) is 4.75. The number of rotatable bonds is 7. The second-order valence-corrected chi connectivity index (χ2v) is 7.12. The third kappa shape index (κ3) is 5.75. The van der Waals surface area contributed by atoms with E-state index in [-0.39, 0.29) is 12.5 Å². The molecular formula is C21H25ClN2O2. The van der Waals surface area contributed by atoms with E-state index < -0.39 is 0 Å². The summed E-state index contributed by atoms with van der Waals surface area (Å²) in [6.45, 7) is 3.59. The van der Waals surface area contributed by atoms with Gasteiger partial charge in [0.05, 0.1) is 0 Å². The number of carbonyl (C=O) groups excluding carboxylic acids is 1. The first-order valence-electron chi connectivity index (χ1n) is 9.11. The molecule has 0 spiro atoms. The van der Waals surface area contributed by atoms with Gasteiger partial charge < -0.3 is 15.0 Å². The van der Waals surface area contributed by atoms with Crippen LogP contribution in [0.25, 0.3) is 0 Å². The number of nitrogens with one attached hydrogen (secondary N) is 1. The van der Waals surface area contributed by atoms with Crippen molar-refractivity contribution in [3.05, 3.63) is 65.2 Å². The Bertz CT molecular complexity index is 683. The molecule has 0 bridgehead atoms. The van der Waals surface area contributed by atoms with Crippen molar-refractivity contribution in [2.75, 3.05) is 26.2 Å². The molecule has 4 nitrogen and oxygen atoms in total. The summed E-state index contributed by atoms with van der Waals surface area (Å²) in [5.41, 5.74) is 1.31. The van der Waals surface area contributed by atoms with E-state index in [1.165, 1.54) is 5.56 Å². The Hall–Kier alpha value is -2.04. The number of carbonyl (C=O) groups is 1. The Morgan fingerprint density at radius 2 is 1.77 bits per heavy atom. The average Bonchev–Trinajstić information content (AvgIpc) is 2.69. The summed E-state index contributed by atoms with van der Waals surface area (Å²) in [7, 11) is 0. The summed E-state index contributed by atoms with van der Waals surface area (Å²) in [6.07, 6.45) is 2.07. The minimum absolute atomic E-state index is 0.0515. The lowest BCUT2D eigenvalue weighted by atomic mass is 9.96. The normalized spacial score (nSPS) is 15.0. The monoisotopic (exact) mass is 372 g/mol. The summed E-state index contributed by atoms with van der Waals surface area (Å²) in [6, 6.07) is 17.5. The highest BCUT2D eigenvalue weighted by Crippen LogP contribution is 2.18. The van der Waals surface area contributed by atoms with Gasteiger partial charge in [-0.25, -0.2) is 0 Å². The smallest absolute Gasteiger partial charge is 0.260 e. The fourth-order valence-corrected chi connectivity index (χ4v) is 3.30. The highest BCUT2D eigenvalue weighted by atomic mass is 35.5. The zero-order chi connectivity index (χ0) is 18.2. The average molecular weight is 373 g/mol. The van der Waals surface area contributed by atoms with Crippen molar-refractivity contribution in [3.8, 4) is 5.75 Å². The molecule has 0 aliphatic carbocycles. The maximum absolute atomic E-state index is 12.3. The Kier molecular flexibility index (Phi) is 6.92. The van der Waals surface area contributed by atoms with Crippen molar-refractivity contribution in [1.82, 2.24) is 10.2 Å². The van der Waals surface area contributed by atoms with Gasteiger partial charge in [-0.1, -0.05) is 41.9 Å². The number of hydrogen-bond donors (Lipinski definition) is 1. The minimum Gasteiger partial charge on any atom is -0.484 e. The quantitative estimate of drug-likeness (QED) is 0.804. The zero-order valence-corrected chi connectivity index (χ0v) is 15.6. The summed E-state index contributed by atoms with van der Waals surface area (Å²) in [5.74, 6) is 1.35. The molecule has 138 valence electrons. The molecule has 0 aromatic heterocycles. The number of benzene rings is 2. The van der Waals surface area contributed by atoms with Crippen LogP contribution in [0.5, 0.6) is 5.75 Å². The Balaban J connectivity index is 1.33. The molecule has 0 atom stereocenters. The molecule has 2 aromatic rings. The van der Waals surface area contributed by atoms with Gasteiger partial charge in [-0.3, -0.25) is 4.79 Å². The van der Waals surface area contributed by atoms with Crippen molar-refractivity contribution in [3.63, 3.8) is 0 Å². The molecule has 1 N–H and O–H groups in total. The first kappa shape index (κ1) is 18.7. The number of likely N-dealkylation sites (tertiary alicyclic amines) is 1. The number of amides is 1. The Morgan fingerprint density at radius 3 is 2.46 bits per heavy atom. The lowest BCUT2D eigenvalue weighted by Gasteiger charge is -2.32. The number of hydrogen-bond acceptors (Lipinski definition) is 3. The van der Waals surface area contributed by atoms with E-state index in [2.05, 4.69) is 29.6 Å². The van der Waals surface area contributed by atoms with Gasteiger partial charge in [-0.2, -0.15) is 0 Å². The topological polar surface area (TPSA) is 41.6 Å². The molecule has 0 saturated carbocycles. The van der Waals surface area contributed by atoms with Crippen LogP contribution in [0.1, 0.15) is 18.4 Å². The Morgan fingerprint density at radius 1 is 1.08 bits per heavy atom. The van der Waals surface area contributed by atoms with Gasteiger partial charge in [0.2, 0.25) is 0 Å². The van der Waals surface area contributed by atoms with Crippen molar-refractivity contribution in [2.45, 2.75) is 19.4 Å². The van der Waals surface area contributed by atoms with Gasteiger partial charge in [0.15, 0.2) is 6.61 Å². The van der Waals surface area contributed by atoms with Gasteiger partial charge >= 0.3 is 0 Å². The summed E-state index contributed by atoms with van der Waals surface area (Å²) >= 11 is 5.84. The molecule has 5 heteroatoms. The van der Waals surface area contributed by atoms with E-state index in [1.807, 2.05) is 11.0 Å². The van der Waals surface area contributed by atoms with Crippen LogP contribution in [-0.2, 0) is 11.3 Å². The van der Waals surface area contributed by atoms with Crippen LogP contribution in [0.4, 0.5) is 0 Å². The minimum atomic E-state index is 0.0515. The van der Waals surface area contributed by atoms with E-state index >= 15 is 0 Å². The van der Waals surface area contributed by atoms with Gasteiger partial charge in [0, 0.05) is 24.7 Å². The second-order valence-electron chi connectivity index (χ2n) is 6.68. The van der Waals surface area contributed by atoms with Crippen molar-refractivity contribution in [1.29, 1.82) is 0 Å². The van der Waals surface area contributed by atoms with Crippen LogP contribution < -0.4 is 10.1 Å². The number of halogens is 1. The predicted molar refractivity (Wildman–Crippen MR) is 104 cm³/mol. The molecule has 0 unspecified atom stereocenters. The molecular weight excluding hydrogens is 348 g/mol. The van der Waals surface area contributed by atoms with E-state index in [0.29, 0.717) is 16.7 Å². The van der Waals surface area contributed by atoms with E-state index in [4.69, 9.17) is 16.3 Å². The molecule has 1 heterocycles. The highest BCUT2D eigenvalue weighted by Gasteiger charge is 2.22. The van der Waals surface area contributed by atoms with Crippen LogP contribution in [0, 0.1) is 5.92 Å². The fraction of sp³-hybridized carbons (Fsp3) is 0.381. The molecule has 1 fully saturated rings. The molecule has 3 rings (SSSR count). The maximum Gasteiger partial charge on any atom is 0.260 e. The fourth-order valence-electron chi connectivity index (χ4n) is 3.17. The largest absolute Gasteiger partial charge is 0.484 e. The molecule has 1 aliphatic rings. The highest BCUT2D eigenvalue weighted by molar-refractivity contribution is 6.30. The molecule has 1 aliphatic heterocycles. The molecule has 2 aromatic carbocycles. The summed E-state index contributed by atoms with van der Waals surface area (Å²) in [4.78, 5) is 14.2. The summed E-state index contributed by atoms with van der Waals surface area (Å²) in [5, 5.41) is 4.19. The number of ether oxygens (including phenoxy) is 1. The van der Waals surface area contributed by atoms with Crippen LogP contribution >= 0.6 is 11.6 Å². The predicted octanol–water partition coefficient (Wildman–Crippen LogP) is 3.75. The zero-order valence-electron chi connectivity index (χ0n) is 14.9. The third-order valence-corrected chi connectivity index (χ3v) is 5.00. The molecule has 1 saturated heterocycles. The standard InChI is InChI=1S/C21H25ClN2O2/c22-19-6-8-20(9-7-19)26-16-21(25)24-12-10-18(11-13-24)15-23-14-17-4-2-1-3-5-17/h1-9,18,23H,10-16H2. The maximum atomic E-state index is 12.3. The molecule has 1 amide bonds. The molecule has 26 heavy (non-hydrogen) atoms. The first-order chi connectivity index (χ1) is 12.7. The van der Waals surface area contributed by atoms with E-state index in [9.17, 15) is 4.79 Å². The van der Waals surface area contributed by atoms with Crippen LogP contribution in [0.2, 0.25) is 5.02 Å². The lowest BCUT2D eigenvalue weighted by molar-refractivity contribution is -0.134. The van der Waals surface area contributed by atoms with Crippen LogP contribution in [0.15, 0.2) is 54.6 Å². The van der Waals surface area contributed by atoms with Crippen molar-refractivity contribution < 1.29 is 9.53 Å². The van der Waals surface area contributed by atoms with Gasteiger partial charge in [-0.05, 0) is 55.1 Å². The van der Waals surface area contributed by atoms with E-state index in [0.717, 1.165) is 39.0 Å². The van der Waals surface area contributed by atoms with Gasteiger partial charge in [0.1, 0.15) is 5.75 Å². The Labute approximate surface area is 160 Å². The van der Waals surface area contributed by atoms with Gasteiger partial charge in [-0.15, -0.1) is 0 Å². The van der Waals surface area contributed by atoms with Crippen LogP contribution in [-0.4, -0.2) is 37.0 Å². The van der Waals surface area contributed by atoms with Gasteiger partial charge in [0.25, 0.3) is 5.91 Å². The van der Waals surface area contributed by atoms with Crippen LogP contribution in [0.3, 0.4) is 0 Å². The lowest BCUT2D eigenvalue weighted by Crippen LogP contribution is -2.42. The number of piperidine rings is 1. The second kappa shape index (κ2) is 9.60.